The van der Waals surface area contributed by atoms with Gasteiger partial charge < -0.3 is 14.5 Å². The van der Waals surface area contributed by atoms with E-state index in [1.807, 2.05) is 60.7 Å². The van der Waals surface area contributed by atoms with Gasteiger partial charge in [0.25, 0.3) is 0 Å². The minimum absolute atomic E-state index is 0.917. The molecule has 0 aliphatic carbocycles. The number of hydrogen-bond donors (Lipinski definition) is 3. The van der Waals surface area contributed by atoms with Crippen LogP contribution in [0, 0.1) is 0 Å². The lowest BCUT2D eigenvalue weighted by molar-refractivity contribution is 0.448. The van der Waals surface area contributed by atoms with Crippen LogP contribution in [0.25, 0.3) is 0 Å². The van der Waals surface area contributed by atoms with E-state index >= 15 is 0 Å². The van der Waals surface area contributed by atoms with Crippen molar-refractivity contribution in [3.63, 3.8) is 0 Å². The molecule has 2 radical (unpaired) electrons. The van der Waals surface area contributed by atoms with Gasteiger partial charge in [-0.05, 0) is 0 Å². The fourth-order valence-corrected chi connectivity index (χ4v) is 2.49. The second-order valence-corrected chi connectivity index (χ2v) is 4.94. The normalized spacial score (nSPS) is 9.65. The lowest BCUT2D eigenvalue weighted by Gasteiger charge is -2.09. The van der Waals surface area contributed by atoms with Crippen LogP contribution < -0.4 is 10.6 Å². The summed E-state index contributed by atoms with van der Waals surface area (Å²) in [5.41, 5.74) is 0. The summed E-state index contributed by atoms with van der Waals surface area (Å²) >= 11 is 0. The Kier molecular flexibility index (Phi) is 6.70. The molecular formula is C12H13O3PSi. The van der Waals surface area contributed by atoms with Crippen molar-refractivity contribution in [2.75, 3.05) is 0 Å². The smallest absolute Gasteiger partial charge is 0.409 e. The number of hydrogen-bond acceptors (Lipinski definition) is 3. The van der Waals surface area contributed by atoms with Gasteiger partial charge in [0.2, 0.25) is 0 Å². The van der Waals surface area contributed by atoms with E-state index in [1.165, 1.54) is 0 Å². The first kappa shape index (κ1) is 14.0. The topological polar surface area (TPSA) is 60.7 Å². The van der Waals surface area contributed by atoms with Crippen LogP contribution in [0.4, 0.5) is 0 Å². The van der Waals surface area contributed by atoms with Crippen LogP contribution in [0.1, 0.15) is 0 Å². The van der Waals surface area contributed by atoms with Crippen LogP contribution in [0.15, 0.2) is 60.7 Å². The van der Waals surface area contributed by atoms with Crippen LogP contribution in [-0.4, -0.2) is 24.5 Å². The summed E-state index contributed by atoms with van der Waals surface area (Å²) in [6, 6.07) is 19.5. The van der Waals surface area contributed by atoms with Gasteiger partial charge in [-0.15, -0.1) is 0 Å². The fourth-order valence-electron chi connectivity index (χ4n) is 1.29. The maximum absolute atomic E-state index is 10.1. The van der Waals surface area contributed by atoms with Crippen molar-refractivity contribution in [3.05, 3.63) is 60.7 Å². The Morgan fingerprint density at radius 1 is 0.706 bits per heavy atom. The maximum Gasteiger partial charge on any atom is 0.427 e. The SMILES string of the molecule is OP(c1ccccc1)c1ccccc1.O[Si]O. The van der Waals surface area contributed by atoms with Gasteiger partial charge in [-0.25, -0.2) is 0 Å². The van der Waals surface area contributed by atoms with Gasteiger partial charge in [0, 0.05) is 10.6 Å². The average molecular weight is 264 g/mol. The van der Waals surface area contributed by atoms with Gasteiger partial charge in [0.1, 0.15) is 0 Å². The quantitative estimate of drug-likeness (QED) is 0.548. The largest absolute Gasteiger partial charge is 0.427 e. The lowest BCUT2D eigenvalue weighted by atomic mass is 10.4. The zero-order valence-electron chi connectivity index (χ0n) is 9.06. The monoisotopic (exact) mass is 264 g/mol. The van der Waals surface area contributed by atoms with E-state index < -0.39 is 18.2 Å². The first-order valence-electron chi connectivity index (χ1n) is 4.92. The molecule has 5 heteroatoms. The molecule has 0 amide bonds. The Labute approximate surface area is 104 Å². The highest BCUT2D eigenvalue weighted by Crippen LogP contribution is 2.26. The molecule has 0 bridgehead atoms. The molecule has 0 aromatic heterocycles. The molecule has 0 fully saturated rings. The standard InChI is InChI=1S/C12H11OP.H2O2Si/c13-14(11-7-3-1-4-8-11)12-9-5-2-6-10-12;1-3-2/h1-10,13H;1-2H. The zero-order chi connectivity index (χ0) is 12.5. The lowest BCUT2D eigenvalue weighted by Crippen LogP contribution is -2.09. The first-order chi connectivity index (χ1) is 8.29. The molecule has 0 atom stereocenters. The van der Waals surface area contributed by atoms with Gasteiger partial charge in [0.05, 0.1) is 8.15 Å². The summed E-state index contributed by atoms with van der Waals surface area (Å²) in [5, 5.41) is 1.99. The predicted octanol–water partition coefficient (Wildman–Crippen LogP) is 0.532. The van der Waals surface area contributed by atoms with E-state index in [1.54, 1.807) is 0 Å². The molecule has 88 valence electrons. The zero-order valence-corrected chi connectivity index (χ0v) is 11.0. The molecular weight excluding hydrogens is 251 g/mol. The minimum Gasteiger partial charge on any atom is -0.409 e. The van der Waals surface area contributed by atoms with Crippen LogP contribution in [0.2, 0.25) is 0 Å². The highest BCUT2D eigenvalue weighted by atomic mass is 31.1. The number of benzene rings is 2. The van der Waals surface area contributed by atoms with Crippen molar-refractivity contribution in [1.29, 1.82) is 0 Å². The third kappa shape index (κ3) is 4.77. The van der Waals surface area contributed by atoms with Crippen LogP contribution in [0.5, 0.6) is 0 Å². The number of rotatable bonds is 2. The van der Waals surface area contributed by atoms with Crippen LogP contribution in [0.3, 0.4) is 0 Å². The Morgan fingerprint density at radius 3 is 1.29 bits per heavy atom. The molecule has 3 nitrogen and oxygen atoms in total. The molecule has 0 aliphatic heterocycles. The van der Waals surface area contributed by atoms with E-state index in [2.05, 4.69) is 0 Å². The summed E-state index contributed by atoms with van der Waals surface area (Å²) in [6.45, 7) is 0. The predicted molar refractivity (Wildman–Crippen MR) is 71.5 cm³/mol. The van der Waals surface area contributed by atoms with Crippen LogP contribution >= 0.6 is 8.15 Å². The molecule has 0 heterocycles. The third-order valence-corrected chi connectivity index (χ3v) is 3.58. The molecule has 17 heavy (non-hydrogen) atoms. The Bertz CT molecular complexity index is 371. The highest BCUT2D eigenvalue weighted by Gasteiger charge is 2.08. The Hall–Kier alpha value is -1.03. The van der Waals surface area contributed by atoms with Crippen molar-refractivity contribution in [1.82, 2.24) is 0 Å². The van der Waals surface area contributed by atoms with E-state index in [9.17, 15) is 4.89 Å². The molecule has 0 spiro atoms. The molecule has 2 aromatic rings. The minimum atomic E-state index is -1.17. The maximum atomic E-state index is 10.1. The molecule has 0 saturated carbocycles. The van der Waals surface area contributed by atoms with E-state index in [0.717, 1.165) is 10.6 Å². The third-order valence-electron chi connectivity index (χ3n) is 2.00. The summed E-state index contributed by atoms with van der Waals surface area (Å²) in [6.07, 6.45) is 0. The molecule has 2 aromatic carbocycles. The van der Waals surface area contributed by atoms with Crippen molar-refractivity contribution >= 4 is 28.8 Å². The van der Waals surface area contributed by atoms with Gasteiger partial charge >= 0.3 is 10.0 Å². The van der Waals surface area contributed by atoms with Crippen molar-refractivity contribution < 1.29 is 14.5 Å². The van der Waals surface area contributed by atoms with Gasteiger partial charge in [-0.3, -0.25) is 0 Å². The van der Waals surface area contributed by atoms with Gasteiger partial charge in [0.15, 0.2) is 0 Å². The van der Waals surface area contributed by atoms with Crippen molar-refractivity contribution in [2.45, 2.75) is 0 Å². The Balaban J connectivity index is 0.000000437. The molecule has 0 saturated heterocycles. The highest BCUT2D eigenvalue weighted by molar-refractivity contribution is 7.67. The molecule has 0 unspecified atom stereocenters. The van der Waals surface area contributed by atoms with E-state index in [0.29, 0.717) is 0 Å². The summed E-state index contributed by atoms with van der Waals surface area (Å²) in [4.78, 5) is 24.4. The first-order valence-corrected chi connectivity index (χ1v) is 7.10. The molecule has 0 aliphatic rings. The summed E-state index contributed by atoms with van der Waals surface area (Å²) in [7, 11) is -2.09. The summed E-state index contributed by atoms with van der Waals surface area (Å²) in [5.74, 6) is 0. The second-order valence-electron chi connectivity index (χ2n) is 3.08. The van der Waals surface area contributed by atoms with Gasteiger partial charge in [-0.1, -0.05) is 60.7 Å². The van der Waals surface area contributed by atoms with Crippen molar-refractivity contribution in [3.8, 4) is 0 Å². The van der Waals surface area contributed by atoms with Crippen LogP contribution in [-0.2, 0) is 0 Å². The fraction of sp³-hybridized carbons (Fsp3) is 0. The van der Waals surface area contributed by atoms with Crippen molar-refractivity contribution in [2.24, 2.45) is 0 Å². The van der Waals surface area contributed by atoms with Gasteiger partial charge in [-0.2, -0.15) is 0 Å². The molecule has 3 N–H and O–H groups in total. The van der Waals surface area contributed by atoms with E-state index in [-0.39, 0.29) is 0 Å². The Morgan fingerprint density at radius 2 is 1.00 bits per heavy atom. The second kappa shape index (κ2) is 8.12. The molecule has 2 rings (SSSR count). The summed E-state index contributed by atoms with van der Waals surface area (Å²) < 4.78 is 0. The van der Waals surface area contributed by atoms with E-state index in [4.69, 9.17) is 9.59 Å². The average Bonchev–Trinajstić information content (AvgIpc) is 2.41.